The molecular weight excluding hydrogens is 148 g/mol. The first-order valence-corrected chi connectivity index (χ1v) is 4.71. The van der Waals surface area contributed by atoms with Gasteiger partial charge >= 0.3 is 0 Å². The first-order chi connectivity index (χ1) is 5.72. The maximum atomic E-state index is 9.45. The zero-order chi connectivity index (χ0) is 9.40. The molecular formula is C11H20O. The van der Waals surface area contributed by atoms with E-state index >= 15 is 0 Å². The molecule has 0 aromatic rings. The van der Waals surface area contributed by atoms with Gasteiger partial charge in [-0.1, -0.05) is 51.8 Å². The highest BCUT2D eigenvalue weighted by Crippen LogP contribution is 2.10. The quantitative estimate of drug-likeness (QED) is 0.457. The van der Waals surface area contributed by atoms with Crippen LogP contribution in [-0.2, 0) is 0 Å². The number of hydrogen-bond donors (Lipinski definition) is 1. The Hall–Kier alpha value is -0.560. The molecule has 0 amide bonds. The standard InChI is InChI=1S/C11H20O/c1-4-6-7-8-9-11(12)10(3)5-2/h5,11-12H,2-4,6-9H2,1H3/t11-/m1/s1. The third-order valence-corrected chi connectivity index (χ3v) is 2.02. The van der Waals surface area contributed by atoms with E-state index in [4.69, 9.17) is 0 Å². The summed E-state index contributed by atoms with van der Waals surface area (Å²) in [5.74, 6) is 0. The average Bonchev–Trinajstić information content (AvgIpc) is 2.10. The van der Waals surface area contributed by atoms with Gasteiger partial charge < -0.3 is 5.11 Å². The van der Waals surface area contributed by atoms with E-state index in [-0.39, 0.29) is 6.10 Å². The van der Waals surface area contributed by atoms with Gasteiger partial charge in [0.15, 0.2) is 0 Å². The zero-order valence-corrected chi connectivity index (χ0v) is 8.05. The van der Waals surface area contributed by atoms with Crippen LogP contribution >= 0.6 is 0 Å². The van der Waals surface area contributed by atoms with Crippen LogP contribution in [0.15, 0.2) is 24.8 Å². The van der Waals surface area contributed by atoms with Crippen LogP contribution in [0.2, 0.25) is 0 Å². The summed E-state index contributed by atoms with van der Waals surface area (Å²) in [6.07, 6.45) is 6.86. The van der Waals surface area contributed by atoms with Crippen molar-refractivity contribution < 1.29 is 5.11 Å². The maximum absolute atomic E-state index is 9.45. The molecule has 70 valence electrons. The molecule has 1 heteroatoms. The Balaban J connectivity index is 3.37. The molecule has 0 bridgehead atoms. The largest absolute Gasteiger partial charge is 0.388 e. The van der Waals surface area contributed by atoms with E-state index in [2.05, 4.69) is 20.1 Å². The molecule has 0 aliphatic carbocycles. The van der Waals surface area contributed by atoms with Crippen LogP contribution in [0.25, 0.3) is 0 Å². The minimum Gasteiger partial charge on any atom is -0.388 e. The molecule has 0 saturated heterocycles. The summed E-state index contributed by atoms with van der Waals surface area (Å²) in [5, 5.41) is 9.45. The molecule has 1 atom stereocenters. The van der Waals surface area contributed by atoms with Crippen molar-refractivity contribution >= 4 is 0 Å². The van der Waals surface area contributed by atoms with Gasteiger partial charge in [-0.3, -0.25) is 0 Å². The summed E-state index contributed by atoms with van der Waals surface area (Å²) in [6, 6.07) is 0. The third kappa shape index (κ3) is 5.14. The van der Waals surface area contributed by atoms with Crippen molar-refractivity contribution in [3.63, 3.8) is 0 Å². The van der Waals surface area contributed by atoms with E-state index in [1.165, 1.54) is 19.3 Å². The first kappa shape index (κ1) is 11.4. The fourth-order valence-electron chi connectivity index (χ4n) is 1.09. The van der Waals surface area contributed by atoms with Crippen molar-refractivity contribution in [2.24, 2.45) is 0 Å². The Morgan fingerprint density at radius 2 is 2.08 bits per heavy atom. The van der Waals surface area contributed by atoms with Crippen LogP contribution < -0.4 is 0 Å². The SMILES string of the molecule is C=CC(=C)[C@H](O)CCCCCC. The van der Waals surface area contributed by atoms with Crippen LogP contribution in [0.3, 0.4) is 0 Å². The number of aliphatic hydroxyl groups is 1. The van der Waals surface area contributed by atoms with Gasteiger partial charge in [0.1, 0.15) is 0 Å². The van der Waals surface area contributed by atoms with Crippen molar-refractivity contribution in [1.29, 1.82) is 0 Å². The van der Waals surface area contributed by atoms with Gasteiger partial charge in [-0.25, -0.2) is 0 Å². The molecule has 0 aromatic carbocycles. The smallest absolute Gasteiger partial charge is 0.0784 e. The Morgan fingerprint density at radius 3 is 2.58 bits per heavy atom. The molecule has 12 heavy (non-hydrogen) atoms. The normalized spacial score (nSPS) is 12.5. The molecule has 0 aliphatic heterocycles. The molecule has 0 saturated carbocycles. The molecule has 0 radical (unpaired) electrons. The number of hydrogen-bond acceptors (Lipinski definition) is 1. The molecule has 0 rings (SSSR count). The Labute approximate surface area is 75.8 Å². The second kappa shape index (κ2) is 7.11. The number of aliphatic hydroxyl groups excluding tert-OH is 1. The van der Waals surface area contributed by atoms with E-state index in [1.807, 2.05) is 0 Å². The van der Waals surface area contributed by atoms with Crippen LogP contribution in [0, 0.1) is 0 Å². The summed E-state index contributed by atoms with van der Waals surface area (Å²) in [6.45, 7) is 9.45. The van der Waals surface area contributed by atoms with Crippen molar-refractivity contribution in [1.82, 2.24) is 0 Å². The topological polar surface area (TPSA) is 20.2 Å². The highest BCUT2D eigenvalue weighted by molar-refractivity contribution is 5.15. The van der Waals surface area contributed by atoms with Crippen molar-refractivity contribution in [2.75, 3.05) is 0 Å². The van der Waals surface area contributed by atoms with E-state index in [9.17, 15) is 5.11 Å². The molecule has 0 fully saturated rings. The molecule has 1 N–H and O–H groups in total. The van der Waals surface area contributed by atoms with Gasteiger partial charge in [-0.05, 0) is 12.0 Å². The van der Waals surface area contributed by atoms with E-state index in [0.717, 1.165) is 18.4 Å². The summed E-state index contributed by atoms with van der Waals surface area (Å²) in [7, 11) is 0. The van der Waals surface area contributed by atoms with Gasteiger partial charge in [0.25, 0.3) is 0 Å². The average molecular weight is 168 g/mol. The minimum absolute atomic E-state index is 0.376. The summed E-state index contributed by atoms with van der Waals surface area (Å²) < 4.78 is 0. The van der Waals surface area contributed by atoms with E-state index in [1.54, 1.807) is 6.08 Å². The summed E-state index contributed by atoms with van der Waals surface area (Å²) in [5.41, 5.74) is 0.742. The fourth-order valence-corrected chi connectivity index (χ4v) is 1.09. The Kier molecular flexibility index (Phi) is 6.78. The van der Waals surface area contributed by atoms with E-state index < -0.39 is 0 Å². The van der Waals surface area contributed by atoms with Crippen molar-refractivity contribution in [3.05, 3.63) is 24.8 Å². The highest BCUT2D eigenvalue weighted by atomic mass is 16.3. The second-order valence-corrected chi connectivity index (χ2v) is 3.14. The monoisotopic (exact) mass is 168 g/mol. The second-order valence-electron chi connectivity index (χ2n) is 3.14. The van der Waals surface area contributed by atoms with Gasteiger partial charge in [0.2, 0.25) is 0 Å². The number of unbranched alkanes of at least 4 members (excludes halogenated alkanes) is 3. The van der Waals surface area contributed by atoms with Crippen LogP contribution in [0.4, 0.5) is 0 Å². The summed E-state index contributed by atoms with van der Waals surface area (Å²) >= 11 is 0. The predicted octanol–water partition coefficient (Wildman–Crippen LogP) is 3.06. The molecule has 0 aromatic heterocycles. The first-order valence-electron chi connectivity index (χ1n) is 4.71. The summed E-state index contributed by atoms with van der Waals surface area (Å²) in [4.78, 5) is 0. The minimum atomic E-state index is -0.376. The van der Waals surface area contributed by atoms with Gasteiger partial charge in [0.05, 0.1) is 6.10 Å². The van der Waals surface area contributed by atoms with E-state index in [0.29, 0.717) is 0 Å². The lowest BCUT2D eigenvalue weighted by Crippen LogP contribution is -2.07. The van der Waals surface area contributed by atoms with Gasteiger partial charge in [-0.15, -0.1) is 0 Å². The number of rotatable bonds is 7. The molecule has 1 nitrogen and oxygen atoms in total. The fraction of sp³-hybridized carbons (Fsp3) is 0.636. The lowest BCUT2D eigenvalue weighted by molar-refractivity contribution is 0.200. The highest BCUT2D eigenvalue weighted by Gasteiger charge is 2.03. The van der Waals surface area contributed by atoms with Crippen LogP contribution in [-0.4, -0.2) is 11.2 Å². The van der Waals surface area contributed by atoms with Crippen molar-refractivity contribution in [2.45, 2.75) is 45.1 Å². The Bertz CT molecular complexity index is 138. The molecule has 0 aliphatic rings. The molecule has 0 heterocycles. The van der Waals surface area contributed by atoms with Crippen LogP contribution in [0.1, 0.15) is 39.0 Å². The van der Waals surface area contributed by atoms with Gasteiger partial charge in [0, 0.05) is 0 Å². The Morgan fingerprint density at radius 1 is 1.42 bits per heavy atom. The molecule has 0 unspecified atom stereocenters. The third-order valence-electron chi connectivity index (χ3n) is 2.02. The van der Waals surface area contributed by atoms with Gasteiger partial charge in [-0.2, -0.15) is 0 Å². The maximum Gasteiger partial charge on any atom is 0.0784 e. The van der Waals surface area contributed by atoms with Crippen molar-refractivity contribution in [3.8, 4) is 0 Å². The zero-order valence-electron chi connectivity index (χ0n) is 8.05. The van der Waals surface area contributed by atoms with Crippen LogP contribution in [0.5, 0.6) is 0 Å². The molecule has 0 spiro atoms. The lowest BCUT2D eigenvalue weighted by Gasteiger charge is -2.09. The lowest BCUT2D eigenvalue weighted by atomic mass is 10.0. The predicted molar refractivity (Wildman–Crippen MR) is 54.1 cm³/mol.